The largest absolute Gasteiger partial charge is 0.401 e. The molecular weight excluding hydrogens is 498 g/mol. The topological polar surface area (TPSA) is 124 Å². The summed E-state index contributed by atoms with van der Waals surface area (Å²) in [6.45, 7) is 16.7. The van der Waals surface area contributed by atoms with Gasteiger partial charge in [-0.2, -0.15) is 5.12 Å². The number of pyridine rings is 1. The normalized spacial score (nSPS) is 11.7. The Labute approximate surface area is 235 Å². The Hall–Kier alpha value is -4.60. The highest BCUT2D eigenvalue weighted by Gasteiger charge is 2.18. The summed E-state index contributed by atoms with van der Waals surface area (Å²) in [6.07, 6.45) is 6.38. The molecule has 9 heteroatoms. The Morgan fingerprint density at radius 3 is 2.67 bits per heavy atom. The molecule has 7 N–H and O–H groups in total. The third-order valence-corrected chi connectivity index (χ3v) is 6.83. The van der Waals surface area contributed by atoms with Crippen molar-refractivity contribution in [2.45, 2.75) is 13.3 Å². The molecule has 208 valence electrons. The van der Waals surface area contributed by atoms with Gasteiger partial charge in [0.1, 0.15) is 11.7 Å². The SMILES string of the molecule is C=CNCCN(CCC(=C)c1c[nH]c2c(C(=NC)NN(N)CC(=C)N)ccc(C)c12)c1nccc2ccccc12. The lowest BCUT2D eigenvalue weighted by Crippen LogP contribution is -2.49. The summed E-state index contributed by atoms with van der Waals surface area (Å²) in [5, 5.41) is 8.00. The molecule has 0 saturated carbocycles. The van der Waals surface area contributed by atoms with Gasteiger partial charge in [0, 0.05) is 66.7 Å². The van der Waals surface area contributed by atoms with Crippen LogP contribution in [-0.2, 0) is 0 Å². The lowest BCUT2D eigenvalue weighted by molar-refractivity contribution is 0.264. The van der Waals surface area contributed by atoms with Crippen molar-refractivity contribution < 1.29 is 0 Å². The summed E-state index contributed by atoms with van der Waals surface area (Å²) in [6, 6.07) is 14.5. The third kappa shape index (κ3) is 6.33. The lowest BCUT2D eigenvalue weighted by atomic mass is 9.98. The molecule has 4 rings (SSSR count). The zero-order chi connectivity index (χ0) is 28.6. The number of aromatic amines is 1. The first-order valence-corrected chi connectivity index (χ1v) is 13.2. The van der Waals surface area contributed by atoms with E-state index in [1.807, 2.05) is 24.5 Å². The quantitative estimate of drug-likeness (QED) is 0.0569. The lowest BCUT2D eigenvalue weighted by Gasteiger charge is -2.25. The predicted molar refractivity (Wildman–Crippen MR) is 169 cm³/mol. The van der Waals surface area contributed by atoms with E-state index in [1.54, 1.807) is 13.2 Å². The molecule has 0 aliphatic carbocycles. The van der Waals surface area contributed by atoms with E-state index in [-0.39, 0.29) is 6.54 Å². The van der Waals surface area contributed by atoms with E-state index >= 15 is 0 Å². The van der Waals surface area contributed by atoms with Gasteiger partial charge in [-0.15, -0.1) is 0 Å². The second-order valence-electron chi connectivity index (χ2n) is 9.71. The van der Waals surface area contributed by atoms with Gasteiger partial charge in [0.15, 0.2) is 0 Å². The van der Waals surface area contributed by atoms with Crippen LogP contribution in [-0.4, -0.2) is 54.1 Å². The van der Waals surface area contributed by atoms with E-state index in [0.717, 1.165) is 70.4 Å². The van der Waals surface area contributed by atoms with Crippen LogP contribution in [0, 0.1) is 6.92 Å². The minimum Gasteiger partial charge on any atom is -0.401 e. The number of nitrogens with one attached hydrogen (secondary N) is 3. The maximum atomic E-state index is 6.07. The molecule has 4 aromatic rings. The highest BCUT2D eigenvalue weighted by atomic mass is 15.7. The van der Waals surface area contributed by atoms with Gasteiger partial charge >= 0.3 is 0 Å². The van der Waals surface area contributed by atoms with Gasteiger partial charge in [0.2, 0.25) is 0 Å². The summed E-state index contributed by atoms with van der Waals surface area (Å²) >= 11 is 0. The monoisotopic (exact) mass is 537 g/mol. The molecule has 0 atom stereocenters. The van der Waals surface area contributed by atoms with E-state index < -0.39 is 0 Å². The molecule has 0 aliphatic rings. The van der Waals surface area contributed by atoms with Crippen LogP contribution in [0.15, 0.2) is 91.5 Å². The molecule has 40 heavy (non-hydrogen) atoms. The highest BCUT2D eigenvalue weighted by Crippen LogP contribution is 2.32. The molecular formula is C31H39N9. The van der Waals surface area contributed by atoms with Crippen LogP contribution >= 0.6 is 0 Å². The zero-order valence-corrected chi connectivity index (χ0v) is 23.4. The summed E-state index contributed by atoms with van der Waals surface area (Å²) < 4.78 is 0. The number of H-pyrrole nitrogens is 1. The minimum atomic E-state index is 0.283. The smallest absolute Gasteiger partial charge is 0.145 e. The van der Waals surface area contributed by atoms with Gasteiger partial charge in [0.25, 0.3) is 0 Å². The first kappa shape index (κ1) is 28.4. The highest BCUT2D eigenvalue weighted by molar-refractivity contribution is 6.11. The molecule has 0 unspecified atom stereocenters. The summed E-state index contributed by atoms with van der Waals surface area (Å²) in [5.74, 6) is 7.66. The number of hydrogen-bond acceptors (Lipinski definition) is 7. The number of rotatable bonds is 13. The third-order valence-electron chi connectivity index (χ3n) is 6.83. The van der Waals surface area contributed by atoms with Crippen LogP contribution < -0.4 is 27.2 Å². The Morgan fingerprint density at radius 1 is 1.12 bits per heavy atom. The van der Waals surface area contributed by atoms with E-state index in [9.17, 15) is 0 Å². The Kier molecular flexibility index (Phi) is 9.21. The first-order valence-electron chi connectivity index (χ1n) is 13.2. The molecule has 2 aromatic heterocycles. The van der Waals surface area contributed by atoms with Crippen molar-refractivity contribution >= 4 is 38.9 Å². The molecule has 0 amide bonds. The van der Waals surface area contributed by atoms with Gasteiger partial charge in [-0.25, -0.2) is 4.98 Å². The standard InChI is InChI=1S/C31H39N9/c1-6-35-16-18-39(31-25-10-8-7-9-24(25)13-15-36-31)17-14-21(2)27-19-37-29-26(12-11-22(3)28(27)29)30(34-5)38-40(33)20-23(4)32/h6-13,15,19,35,37H,1-2,4,14,16-18,20,32-33H2,3,5H3,(H,34,38). The van der Waals surface area contributed by atoms with Gasteiger partial charge < -0.3 is 20.9 Å². The Bertz CT molecular complexity index is 1540. The number of hydrazine groups is 2. The molecule has 9 nitrogen and oxygen atoms in total. The van der Waals surface area contributed by atoms with E-state index in [1.165, 1.54) is 10.5 Å². The van der Waals surface area contributed by atoms with Gasteiger partial charge in [-0.3, -0.25) is 16.3 Å². The van der Waals surface area contributed by atoms with Gasteiger partial charge in [-0.05, 0) is 48.2 Å². The number of anilines is 1. The average molecular weight is 538 g/mol. The predicted octanol–water partition coefficient (Wildman–Crippen LogP) is 4.20. The number of benzene rings is 2. The molecule has 0 bridgehead atoms. The van der Waals surface area contributed by atoms with Crippen molar-refractivity contribution in [2.24, 2.45) is 16.6 Å². The average Bonchev–Trinajstić information content (AvgIpc) is 3.40. The van der Waals surface area contributed by atoms with Crippen molar-refractivity contribution in [3.8, 4) is 0 Å². The molecule has 0 fully saturated rings. The molecule has 2 aromatic carbocycles. The second kappa shape index (κ2) is 13.0. The Balaban J connectivity index is 1.60. The summed E-state index contributed by atoms with van der Waals surface area (Å²) in [7, 11) is 1.72. The molecule has 0 aliphatic heterocycles. The second-order valence-corrected chi connectivity index (χ2v) is 9.71. The minimum absolute atomic E-state index is 0.283. The number of fused-ring (bicyclic) bond motifs is 2. The Morgan fingerprint density at radius 2 is 1.93 bits per heavy atom. The van der Waals surface area contributed by atoms with E-state index in [2.05, 4.69) is 82.6 Å². The number of nitrogens with zero attached hydrogens (tertiary/aromatic N) is 4. The van der Waals surface area contributed by atoms with Crippen molar-refractivity contribution in [2.75, 3.05) is 38.1 Å². The van der Waals surface area contributed by atoms with Crippen LogP contribution in [0.1, 0.15) is 23.1 Å². The van der Waals surface area contributed by atoms with E-state index in [4.69, 9.17) is 16.6 Å². The van der Waals surface area contributed by atoms with Crippen LogP contribution in [0.2, 0.25) is 0 Å². The number of nitrogens with two attached hydrogens (primary N) is 2. The van der Waals surface area contributed by atoms with Crippen LogP contribution in [0.5, 0.6) is 0 Å². The number of aromatic nitrogens is 2. The van der Waals surface area contributed by atoms with Crippen LogP contribution in [0.25, 0.3) is 27.2 Å². The fraction of sp³-hybridized carbons (Fsp3) is 0.226. The maximum absolute atomic E-state index is 6.07. The van der Waals surface area contributed by atoms with Crippen molar-refractivity contribution in [3.05, 3.63) is 103 Å². The van der Waals surface area contributed by atoms with Crippen molar-refractivity contribution in [3.63, 3.8) is 0 Å². The van der Waals surface area contributed by atoms with E-state index in [0.29, 0.717) is 11.5 Å². The molecule has 0 radical (unpaired) electrons. The van der Waals surface area contributed by atoms with Crippen molar-refractivity contribution in [1.29, 1.82) is 0 Å². The number of aryl methyl sites for hydroxylation is 1. The van der Waals surface area contributed by atoms with Gasteiger partial charge in [-0.1, -0.05) is 50.1 Å². The fourth-order valence-corrected chi connectivity index (χ4v) is 4.91. The number of aliphatic imine (C=N–C) groups is 1. The number of amidine groups is 1. The fourth-order valence-electron chi connectivity index (χ4n) is 4.91. The molecule has 0 saturated heterocycles. The molecule has 2 heterocycles. The number of hydrogen-bond donors (Lipinski definition) is 5. The first-order chi connectivity index (χ1) is 19.3. The van der Waals surface area contributed by atoms with Gasteiger partial charge in [0.05, 0.1) is 12.1 Å². The summed E-state index contributed by atoms with van der Waals surface area (Å²) in [5.41, 5.74) is 14.4. The molecule has 0 spiro atoms. The summed E-state index contributed by atoms with van der Waals surface area (Å²) in [4.78, 5) is 15.0. The maximum Gasteiger partial charge on any atom is 0.145 e. The van der Waals surface area contributed by atoms with Crippen molar-refractivity contribution in [1.82, 2.24) is 25.8 Å². The zero-order valence-electron chi connectivity index (χ0n) is 23.4. The van der Waals surface area contributed by atoms with Crippen LogP contribution in [0.3, 0.4) is 0 Å². The van der Waals surface area contributed by atoms with Crippen LogP contribution in [0.4, 0.5) is 5.82 Å².